The van der Waals surface area contributed by atoms with Crippen LogP contribution in [-0.2, 0) is 10.5 Å². The van der Waals surface area contributed by atoms with Gasteiger partial charge >= 0.3 is 0 Å². The third-order valence-electron chi connectivity index (χ3n) is 4.30. The molecule has 1 aromatic carbocycles. The van der Waals surface area contributed by atoms with Gasteiger partial charge in [0.15, 0.2) is 0 Å². The van der Waals surface area contributed by atoms with Gasteiger partial charge in [-0.15, -0.1) is 11.8 Å². The number of nitrogens with zero attached hydrogens (tertiary/aromatic N) is 1. The highest BCUT2D eigenvalue weighted by Crippen LogP contribution is 2.16. The van der Waals surface area contributed by atoms with Crippen molar-refractivity contribution in [2.75, 3.05) is 25.4 Å². The number of halogens is 1. The molecule has 1 aliphatic rings. The summed E-state index contributed by atoms with van der Waals surface area (Å²) in [7, 11) is 0. The Balaban J connectivity index is 1.52. The normalized spacial score (nSPS) is 18.8. The van der Waals surface area contributed by atoms with Crippen LogP contribution in [0.3, 0.4) is 0 Å². The first-order valence-corrected chi connectivity index (χ1v) is 10.0. The second-order valence-corrected chi connectivity index (χ2v) is 7.63. The summed E-state index contributed by atoms with van der Waals surface area (Å²) in [4.78, 5) is 14.4. The number of likely N-dealkylation sites (tertiary alicyclic amines) is 1. The Morgan fingerprint density at radius 1 is 1.35 bits per heavy atom. The standard InChI is InChI=1S/C18H27ClN2OS/c1-15-5-2-3-11-21(15)12-4-10-20-18(22)14-23-13-16-6-8-17(19)9-7-16/h6-9,15H,2-5,10-14H2,1H3,(H,20,22). The van der Waals surface area contributed by atoms with Crippen LogP contribution in [0.4, 0.5) is 0 Å². The monoisotopic (exact) mass is 354 g/mol. The first-order chi connectivity index (χ1) is 11.1. The summed E-state index contributed by atoms with van der Waals surface area (Å²) in [5.41, 5.74) is 1.20. The summed E-state index contributed by atoms with van der Waals surface area (Å²) in [5.74, 6) is 1.49. The number of hydrogen-bond acceptors (Lipinski definition) is 3. The predicted octanol–water partition coefficient (Wildman–Crippen LogP) is 3.95. The maximum absolute atomic E-state index is 11.8. The molecule has 1 atom stereocenters. The van der Waals surface area contributed by atoms with Crippen LogP contribution in [0.5, 0.6) is 0 Å². The Kier molecular flexibility index (Phi) is 8.27. The molecule has 0 spiro atoms. The van der Waals surface area contributed by atoms with Gasteiger partial charge < -0.3 is 10.2 Å². The van der Waals surface area contributed by atoms with Crippen LogP contribution in [0.2, 0.25) is 5.02 Å². The van der Waals surface area contributed by atoms with E-state index in [9.17, 15) is 4.79 Å². The molecule has 0 radical (unpaired) electrons. The lowest BCUT2D eigenvalue weighted by atomic mass is 10.0. The molecule has 128 valence electrons. The molecule has 0 bridgehead atoms. The number of carbonyl (C=O) groups excluding carboxylic acids is 1. The van der Waals surface area contributed by atoms with Gasteiger partial charge in [-0.3, -0.25) is 4.79 Å². The van der Waals surface area contributed by atoms with E-state index < -0.39 is 0 Å². The maximum Gasteiger partial charge on any atom is 0.230 e. The molecule has 1 unspecified atom stereocenters. The topological polar surface area (TPSA) is 32.3 Å². The van der Waals surface area contributed by atoms with E-state index in [1.807, 2.05) is 24.3 Å². The molecule has 1 amide bonds. The predicted molar refractivity (Wildman–Crippen MR) is 100 cm³/mol. The number of amides is 1. The van der Waals surface area contributed by atoms with Gasteiger partial charge in [0.1, 0.15) is 0 Å². The second-order valence-electron chi connectivity index (χ2n) is 6.20. The summed E-state index contributed by atoms with van der Waals surface area (Å²) < 4.78 is 0. The molecule has 1 aliphatic heterocycles. The van der Waals surface area contributed by atoms with Crippen molar-refractivity contribution in [1.82, 2.24) is 10.2 Å². The van der Waals surface area contributed by atoms with Crippen LogP contribution in [-0.4, -0.2) is 42.2 Å². The molecule has 1 N–H and O–H groups in total. The zero-order valence-electron chi connectivity index (χ0n) is 13.9. The third-order valence-corrected chi connectivity index (χ3v) is 5.56. The largest absolute Gasteiger partial charge is 0.355 e. The molecule has 3 nitrogen and oxygen atoms in total. The van der Waals surface area contributed by atoms with Crippen molar-refractivity contribution in [2.45, 2.75) is 44.4 Å². The number of carbonyl (C=O) groups is 1. The molecule has 1 saturated heterocycles. The minimum atomic E-state index is 0.135. The van der Waals surface area contributed by atoms with E-state index in [4.69, 9.17) is 11.6 Å². The van der Waals surface area contributed by atoms with E-state index >= 15 is 0 Å². The van der Waals surface area contributed by atoms with Crippen molar-refractivity contribution >= 4 is 29.3 Å². The Hall–Kier alpha value is -0.710. The average molecular weight is 355 g/mol. The quantitative estimate of drug-likeness (QED) is 0.717. The van der Waals surface area contributed by atoms with E-state index in [2.05, 4.69) is 17.1 Å². The van der Waals surface area contributed by atoms with Crippen LogP contribution in [0.1, 0.15) is 38.2 Å². The molecule has 1 heterocycles. The van der Waals surface area contributed by atoms with Crippen molar-refractivity contribution < 1.29 is 4.79 Å². The van der Waals surface area contributed by atoms with Gasteiger partial charge in [0.25, 0.3) is 0 Å². The van der Waals surface area contributed by atoms with Gasteiger partial charge in [0, 0.05) is 29.9 Å². The smallest absolute Gasteiger partial charge is 0.230 e. The highest BCUT2D eigenvalue weighted by molar-refractivity contribution is 7.99. The number of nitrogens with one attached hydrogen (secondary N) is 1. The summed E-state index contributed by atoms with van der Waals surface area (Å²) in [5, 5.41) is 3.77. The lowest BCUT2D eigenvalue weighted by Gasteiger charge is -2.33. The lowest BCUT2D eigenvalue weighted by Crippen LogP contribution is -2.39. The fraction of sp³-hybridized carbons (Fsp3) is 0.611. The molecule has 1 aromatic rings. The highest BCUT2D eigenvalue weighted by Gasteiger charge is 2.17. The van der Waals surface area contributed by atoms with Crippen LogP contribution in [0.15, 0.2) is 24.3 Å². The zero-order valence-corrected chi connectivity index (χ0v) is 15.5. The number of piperidine rings is 1. The van der Waals surface area contributed by atoms with Gasteiger partial charge in [-0.2, -0.15) is 0 Å². The Morgan fingerprint density at radius 3 is 2.87 bits per heavy atom. The molecule has 2 rings (SSSR count). The number of thioether (sulfide) groups is 1. The van der Waals surface area contributed by atoms with Crippen LogP contribution in [0.25, 0.3) is 0 Å². The number of rotatable bonds is 8. The minimum Gasteiger partial charge on any atom is -0.355 e. The van der Waals surface area contributed by atoms with Gasteiger partial charge in [0.2, 0.25) is 5.91 Å². The highest BCUT2D eigenvalue weighted by atomic mass is 35.5. The van der Waals surface area contributed by atoms with E-state index in [1.165, 1.54) is 31.4 Å². The van der Waals surface area contributed by atoms with Crippen molar-refractivity contribution in [3.8, 4) is 0 Å². The van der Waals surface area contributed by atoms with Crippen LogP contribution >= 0.6 is 23.4 Å². The first kappa shape index (κ1) is 18.6. The SMILES string of the molecule is CC1CCCCN1CCCNC(=O)CSCc1ccc(Cl)cc1. The number of benzene rings is 1. The fourth-order valence-corrected chi connectivity index (χ4v) is 3.84. The summed E-state index contributed by atoms with van der Waals surface area (Å²) in [6, 6.07) is 8.49. The third kappa shape index (κ3) is 7.15. The Labute approximate surface area is 149 Å². The number of hydrogen-bond donors (Lipinski definition) is 1. The molecule has 0 aliphatic carbocycles. The van der Waals surface area contributed by atoms with Gasteiger partial charge in [-0.25, -0.2) is 0 Å². The van der Waals surface area contributed by atoms with Crippen LogP contribution in [0, 0.1) is 0 Å². The van der Waals surface area contributed by atoms with Crippen molar-refractivity contribution in [1.29, 1.82) is 0 Å². The Bertz CT molecular complexity index is 480. The van der Waals surface area contributed by atoms with E-state index in [-0.39, 0.29) is 5.91 Å². The van der Waals surface area contributed by atoms with E-state index in [1.54, 1.807) is 11.8 Å². The van der Waals surface area contributed by atoms with E-state index in [0.717, 1.165) is 30.3 Å². The first-order valence-electron chi connectivity index (χ1n) is 8.48. The average Bonchev–Trinajstić information content (AvgIpc) is 2.55. The maximum atomic E-state index is 11.8. The molecule has 1 fully saturated rings. The van der Waals surface area contributed by atoms with Crippen molar-refractivity contribution in [3.05, 3.63) is 34.9 Å². The molecular weight excluding hydrogens is 328 g/mol. The summed E-state index contributed by atoms with van der Waals surface area (Å²) >= 11 is 7.50. The van der Waals surface area contributed by atoms with Gasteiger partial charge in [-0.05, 0) is 50.4 Å². The second kappa shape index (κ2) is 10.2. The van der Waals surface area contributed by atoms with E-state index in [0.29, 0.717) is 11.8 Å². The van der Waals surface area contributed by atoms with Crippen molar-refractivity contribution in [2.24, 2.45) is 0 Å². The molecule has 0 saturated carbocycles. The lowest BCUT2D eigenvalue weighted by molar-refractivity contribution is -0.118. The summed E-state index contributed by atoms with van der Waals surface area (Å²) in [6.07, 6.45) is 5.03. The fourth-order valence-electron chi connectivity index (χ4n) is 2.89. The molecular formula is C18H27ClN2OS. The van der Waals surface area contributed by atoms with Crippen molar-refractivity contribution in [3.63, 3.8) is 0 Å². The zero-order chi connectivity index (χ0) is 16.5. The van der Waals surface area contributed by atoms with Gasteiger partial charge in [-0.1, -0.05) is 30.2 Å². The molecule has 0 aromatic heterocycles. The minimum absolute atomic E-state index is 0.135. The summed E-state index contributed by atoms with van der Waals surface area (Å²) in [6.45, 7) is 5.40. The Morgan fingerprint density at radius 2 is 2.13 bits per heavy atom. The van der Waals surface area contributed by atoms with Gasteiger partial charge in [0.05, 0.1) is 5.75 Å². The molecule has 23 heavy (non-hydrogen) atoms. The van der Waals surface area contributed by atoms with Crippen LogP contribution < -0.4 is 5.32 Å². The molecule has 5 heteroatoms.